The highest BCUT2D eigenvalue weighted by atomic mass is 19.1. The molecule has 1 aliphatic heterocycles. The second-order valence-electron chi connectivity index (χ2n) is 6.23. The van der Waals surface area contributed by atoms with Crippen molar-refractivity contribution in [3.8, 4) is 5.82 Å². The van der Waals surface area contributed by atoms with E-state index in [0.29, 0.717) is 18.8 Å². The van der Waals surface area contributed by atoms with Crippen LogP contribution in [0.2, 0.25) is 0 Å². The van der Waals surface area contributed by atoms with Crippen molar-refractivity contribution in [3.05, 3.63) is 72.2 Å². The molecule has 1 saturated heterocycles. The van der Waals surface area contributed by atoms with Crippen molar-refractivity contribution in [2.75, 3.05) is 0 Å². The number of carbonyl (C=O) groups excluding carboxylic acids is 1. The second kappa shape index (κ2) is 7.60. The van der Waals surface area contributed by atoms with Crippen LogP contribution in [0.5, 0.6) is 0 Å². The summed E-state index contributed by atoms with van der Waals surface area (Å²) >= 11 is 0. The van der Waals surface area contributed by atoms with Gasteiger partial charge in [0.05, 0.1) is 0 Å². The van der Waals surface area contributed by atoms with Crippen LogP contribution in [0.25, 0.3) is 5.82 Å². The van der Waals surface area contributed by atoms with Crippen molar-refractivity contribution in [2.45, 2.75) is 25.0 Å². The maximum Gasteiger partial charge on any atom is 0.238 e. The number of hydrogen-bond acceptors (Lipinski definition) is 6. The van der Waals surface area contributed by atoms with E-state index >= 15 is 0 Å². The van der Waals surface area contributed by atoms with Gasteiger partial charge in [-0.15, -0.1) is 0 Å². The Morgan fingerprint density at radius 3 is 2.89 bits per heavy atom. The Bertz CT molecular complexity index is 914. The number of nitrogens with zero attached hydrogens (tertiary/aromatic N) is 4. The zero-order chi connectivity index (χ0) is 18.6. The van der Waals surface area contributed by atoms with Crippen molar-refractivity contribution in [3.63, 3.8) is 0 Å². The molecule has 2 aromatic heterocycles. The first-order valence-corrected chi connectivity index (χ1v) is 8.54. The number of rotatable bonds is 5. The van der Waals surface area contributed by atoms with Gasteiger partial charge in [-0.2, -0.15) is 5.10 Å². The molecule has 9 heteroatoms. The Balaban J connectivity index is 1.37. The van der Waals surface area contributed by atoms with Crippen molar-refractivity contribution >= 4 is 5.91 Å². The fourth-order valence-electron chi connectivity index (χ4n) is 3.04. The minimum Gasteiger partial charge on any atom is -0.350 e. The molecule has 3 N–H and O–H groups in total. The average Bonchev–Trinajstić information content (AvgIpc) is 3.39. The molecule has 138 valence electrons. The Labute approximate surface area is 154 Å². The van der Waals surface area contributed by atoms with E-state index in [-0.39, 0.29) is 23.8 Å². The number of hydrogen-bond donors (Lipinski definition) is 3. The quantitative estimate of drug-likeness (QED) is 0.623. The van der Waals surface area contributed by atoms with E-state index in [4.69, 9.17) is 0 Å². The number of benzene rings is 1. The van der Waals surface area contributed by atoms with Gasteiger partial charge in [0, 0.05) is 24.3 Å². The van der Waals surface area contributed by atoms with Crippen LogP contribution in [0.3, 0.4) is 0 Å². The van der Waals surface area contributed by atoms with E-state index in [0.717, 1.165) is 11.1 Å². The Kier molecular flexibility index (Phi) is 4.86. The number of hydrazine groups is 1. The summed E-state index contributed by atoms with van der Waals surface area (Å²) in [5.74, 6) is 0.219. The smallest absolute Gasteiger partial charge is 0.238 e. The van der Waals surface area contributed by atoms with Gasteiger partial charge in [-0.1, -0.05) is 18.2 Å². The average molecular weight is 367 g/mol. The van der Waals surface area contributed by atoms with Crippen molar-refractivity contribution in [1.29, 1.82) is 0 Å². The highest BCUT2D eigenvalue weighted by Gasteiger charge is 2.30. The third kappa shape index (κ3) is 3.83. The lowest BCUT2D eigenvalue weighted by molar-refractivity contribution is -0.123. The summed E-state index contributed by atoms with van der Waals surface area (Å²) in [5.41, 5.74) is 7.85. The van der Waals surface area contributed by atoms with E-state index < -0.39 is 0 Å². The number of halogens is 1. The van der Waals surface area contributed by atoms with E-state index in [9.17, 15) is 9.18 Å². The van der Waals surface area contributed by atoms with Crippen LogP contribution >= 0.6 is 0 Å². The fourth-order valence-corrected chi connectivity index (χ4v) is 3.04. The third-order valence-electron chi connectivity index (χ3n) is 4.45. The first-order valence-electron chi connectivity index (χ1n) is 8.54. The molecule has 0 bridgehead atoms. The Morgan fingerprint density at radius 2 is 2.11 bits per heavy atom. The Hall–Kier alpha value is -3.17. The van der Waals surface area contributed by atoms with Gasteiger partial charge in [0.25, 0.3) is 0 Å². The van der Waals surface area contributed by atoms with Crippen LogP contribution < -0.4 is 16.2 Å². The van der Waals surface area contributed by atoms with Crippen LogP contribution in [0.1, 0.15) is 23.6 Å². The lowest BCUT2D eigenvalue weighted by Crippen LogP contribution is -2.43. The molecule has 1 amide bonds. The van der Waals surface area contributed by atoms with Gasteiger partial charge in [0.15, 0.2) is 5.82 Å². The minimum atomic E-state index is -0.383. The van der Waals surface area contributed by atoms with Crippen LogP contribution in [-0.4, -0.2) is 31.7 Å². The summed E-state index contributed by atoms with van der Waals surface area (Å²) in [6.07, 6.45) is 5.22. The zero-order valence-corrected chi connectivity index (χ0v) is 14.3. The summed E-state index contributed by atoms with van der Waals surface area (Å²) < 4.78 is 14.6. The first kappa shape index (κ1) is 17.3. The standard InChI is InChI=1S/C18H18FN7O/c19-14-5-3-12(4-6-14)15-8-16(25-24-15)18(27)22-9-13-2-1-7-21-17(13)26-11-20-10-23-26/h1-7,10-11,15-16,24-25H,8-9H2,(H,22,27). The first-order chi connectivity index (χ1) is 13.2. The lowest BCUT2D eigenvalue weighted by atomic mass is 10.0. The van der Waals surface area contributed by atoms with Crippen molar-refractivity contribution in [2.24, 2.45) is 0 Å². The van der Waals surface area contributed by atoms with Crippen LogP contribution in [-0.2, 0) is 11.3 Å². The van der Waals surface area contributed by atoms with Crippen LogP contribution in [0, 0.1) is 5.82 Å². The third-order valence-corrected chi connectivity index (χ3v) is 4.45. The van der Waals surface area contributed by atoms with Crippen molar-refractivity contribution < 1.29 is 9.18 Å². The summed E-state index contributed by atoms with van der Waals surface area (Å²) in [5, 5.41) is 7.00. The van der Waals surface area contributed by atoms with Gasteiger partial charge in [0.2, 0.25) is 5.91 Å². The molecule has 3 aromatic rings. The van der Waals surface area contributed by atoms with E-state index in [1.807, 2.05) is 12.1 Å². The molecule has 1 aliphatic rings. The number of nitrogens with one attached hydrogen (secondary N) is 3. The molecule has 0 saturated carbocycles. The number of amides is 1. The molecule has 0 radical (unpaired) electrons. The van der Waals surface area contributed by atoms with Gasteiger partial charge in [-0.25, -0.2) is 29.9 Å². The summed E-state index contributed by atoms with van der Waals surface area (Å²) in [6.45, 7) is 0.321. The summed E-state index contributed by atoms with van der Waals surface area (Å²) in [4.78, 5) is 20.7. The highest BCUT2D eigenvalue weighted by molar-refractivity contribution is 5.82. The molecule has 0 spiro atoms. The SMILES string of the molecule is O=C(NCc1cccnc1-n1cncn1)C1CC(c2ccc(F)cc2)NN1. The Morgan fingerprint density at radius 1 is 1.26 bits per heavy atom. The molecular weight excluding hydrogens is 349 g/mol. The van der Waals surface area contributed by atoms with Gasteiger partial charge in [0.1, 0.15) is 24.5 Å². The fraction of sp³-hybridized carbons (Fsp3) is 0.222. The van der Waals surface area contributed by atoms with E-state index in [1.165, 1.54) is 18.5 Å². The molecule has 1 aromatic carbocycles. The van der Waals surface area contributed by atoms with Gasteiger partial charge >= 0.3 is 0 Å². The highest BCUT2D eigenvalue weighted by Crippen LogP contribution is 2.22. The topological polar surface area (TPSA) is 96.8 Å². The molecular formula is C18H18FN7O. The van der Waals surface area contributed by atoms with E-state index in [2.05, 4.69) is 31.2 Å². The molecule has 2 atom stereocenters. The van der Waals surface area contributed by atoms with Gasteiger partial charge < -0.3 is 5.32 Å². The number of aromatic nitrogens is 4. The van der Waals surface area contributed by atoms with Crippen LogP contribution in [0.4, 0.5) is 4.39 Å². The summed E-state index contributed by atoms with van der Waals surface area (Å²) in [6, 6.07) is 9.52. The predicted molar refractivity (Wildman–Crippen MR) is 94.8 cm³/mol. The predicted octanol–water partition coefficient (Wildman–Crippen LogP) is 1.03. The monoisotopic (exact) mass is 367 g/mol. The van der Waals surface area contributed by atoms with E-state index in [1.54, 1.807) is 29.3 Å². The largest absolute Gasteiger partial charge is 0.350 e. The maximum absolute atomic E-state index is 13.1. The van der Waals surface area contributed by atoms with Gasteiger partial charge in [-0.3, -0.25) is 4.79 Å². The normalized spacial score (nSPS) is 19.1. The molecule has 4 rings (SSSR count). The molecule has 0 aliphatic carbocycles. The lowest BCUT2D eigenvalue weighted by Gasteiger charge is -2.12. The second-order valence-corrected chi connectivity index (χ2v) is 6.23. The minimum absolute atomic E-state index is 0.0505. The van der Waals surface area contributed by atoms with Crippen molar-refractivity contribution in [1.82, 2.24) is 35.9 Å². The maximum atomic E-state index is 13.1. The van der Waals surface area contributed by atoms with Crippen LogP contribution in [0.15, 0.2) is 55.2 Å². The molecule has 8 nitrogen and oxygen atoms in total. The molecule has 27 heavy (non-hydrogen) atoms. The van der Waals surface area contributed by atoms with Gasteiger partial charge in [-0.05, 0) is 30.2 Å². The zero-order valence-electron chi connectivity index (χ0n) is 14.3. The molecule has 2 unspecified atom stereocenters. The molecule has 3 heterocycles. The summed E-state index contributed by atoms with van der Waals surface area (Å²) in [7, 11) is 0. The molecule has 1 fully saturated rings. The number of pyridine rings is 1. The number of carbonyl (C=O) groups is 1.